The van der Waals surface area contributed by atoms with Crippen molar-refractivity contribution in [2.24, 2.45) is 0 Å². The van der Waals surface area contributed by atoms with E-state index in [1.807, 2.05) is 35.0 Å². The van der Waals surface area contributed by atoms with Crippen molar-refractivity contribution in [3.05, 3.63) is 72.8 Å². The summed E-state index contributed by atoms with van der Waals surface area (Å²) in [7, 11) is -3.59. The Morgan fingerprint density at radius 2 is 1.76 bits per heavy atom. The largest absolute Gasteiger partial charge is 0.306 e. The predicted octanol–water partition coefficient (Wildman–Crippen LogP) is 4.02. The molecule has 0 bridgehead atoms. The number of benzene rings is 2. The van der Waals surface area contributed by atoms with E-state index < -0.39 is 10.0 Å². The summed E-state index contributed by atoms with van der Waals surface area (Å²) < 4.78 is 29.5. The fraction of sp³-hybridized carbons (Fsp3) is 0.211. The van der Waals surface area contributed by atoms with Gasteiger partial charge in [0.05, 0.1) is 11.2 Å². The van der Waals surface area contributed by atoms with Gasteiger partial charge in [-0.15, -0.1) is 0 Å². The number of rotatable bonds is 7. The maximum Gasteiger partial charge on any atom is 0.261 e. The Morgan fingerprint density at radius 3 is 2.36 bits per heavy atom. The van der Waals surface area contributed by atoms with E-state index in [-0.39, 0.29) is 4.90 Å². The van der Waals surface area contributed by atoms with Crippen LogP contribution in [0.1, 0.15) is 25.3 Å². The molecule has 130 valence electrons. The van der Waals surface area contributed by atoms with Gasteiger partial charge in [-0.05, 0) is 54.8 Å². The van der Waals surface area contributed by atoms with Crippen molar-refractivity contribution in [2.45, 2.75) is 31.1 Å². The summed E-state index contributed by atoms with van der Waals surface area (Å²) >= 11 is 0. The van der Waals surface area contributed by atoms with Crippen LogP contribution in [0, 0.1) is 0 Å². The zero-order valence-electron chi connectivity index (χ0n) is 14.1. The van der Waals surface area contributed by atoms with E-state index >= 15 is 0 Å². The summed E-state index contributed by atoms with van der Waals surface area (Å²) in [5.41, 5.74) is 2.60. The zero-order chi connectivity index (χ0) is 17.7. The van der Waals surface area contributed by atoms with Gasteiger partial charge >= 0.3 is 0 Å². The Morgan fingerprint density at radius 1 is 1.04 bits per heavy atom. The van der Waals surface area contributed by atoms with Crippen molar-refractivity contribution < 1.29 is 8.42 Å². The average Bonchev–Trinajstić information content (AvgIpc) is 3.15. The maximum atomic E-state index is 12.5. The molecule has 0 fully saturated rings. The molecule has 0 radical (unpaired) electrons. The first-order chi connectivity index (χ1) is 12.1. The molecule has 0 aliphatic heterocycles. The van der Waals surface area contributed by atoms with Crippen molar-refractivity contribution in [3.63, 3.8) is 0 Å². The van der Waals surface area contributed by atoms with Crippen molar-refractivity contribution in [3.8, 4) is 5.69 Å². The Kier molecular flexibility index (Phi) is 5.19. The Bertz CT molecular complexity index is 900. The monoisotopic (exact) mass is 355 g/mol. The van der Waals surface area contributed by atoms with E-state index in [0.717, 1.165) is 30.5 Å². The summed E-state index contributed by atoms with van der Waals surface area (Å²) in [5, 5.41) is 0. The predicted molar refractivity (Wildman–Crippen MR) is 99.4 cm³/mol. The molecule has 0 spiro atoms. The highest BCUT2D eigenvalue weighted by Crippen LogP contribution is 2.19. The number of nitrogens with zero attached hydrogens (tertiary/aromatic N) is 2. The molecule has 1 heterocycles. The number of aryl methyl sites for hydroxylation is 1. The van der Waals surface area contributed by atoms with E-state index in [2.05, 4.69) is 16.6 Å². The number of unbranched alkanes of at least 4 members (excludes halogenated alkanes) is 1. The molecular weight excluding hydrogens is 334 g/mol. The highest BCUT2D eigenvalue weighted by molar-refractivity contribution is 7.92. The van der Waals surface area contributed by atoms with E-state index in [1.165, 1.54) is 0 Å². The molecule has 0 aliphatic carbocycles. The third kappa shape index (κ3) is 4.28. The Labute approximate surface area is 148 Å². The van der Waals surface area contributed by atoms with Gasteiger partial charge in [0, 0.05) is 23.8 Å². The first-order valence-corrected chi connectivity index (χ1v) is 9.77. The van der Waals surface area contributed by atoms with E-state index in [0.29, 0.717) is 5.69 Å². The third-order valence-corrected chi connectivity index (χ3v) is 5.37. The average molecular weight is 355 g/mol. The van der Waals surface area contributed by atoms with E-state index in [1.54, 1.807) is 36.8 Å². The molecule has 0 saturated heterocycles. The van der Waals surface area contributed by atoms with Crippen LogP contribution in [-0.4, -0.2) is 18.0 Å². The van der Waals surface area contributed by atoms with Gasteiger partial charge in [-0.25, -0.2) is 13.4 Å². The number of imidazole rings is 1. The first kappa shape index (κ1) is 17.2. The van der Waals surface area contributed by atoms with E-state index in [4.69, 9.17) is 0 Å². The maximum absolute atomic E-state index is 12.5. The van der Waals surface area contributed by atoms with Gasteiger partial charge in [-0.2, -0.15) is 0 Å². The normalized spacial score (nSPS) is 11.4. The number of hydrogen-bond acceptors (Lipinski definition) is 3. The molecule has 0 saturated carbocycles. The molecule has 5 nitrogen and oxygen atoms in total. The number of nitrogens with one attached hydrogen (secondary N) is 1. The molecule has 0 amide bonds. The minimum Gasteiger partial charge on any atom is -0.306 e. The molecule has 3 rings (SSSR count). The lowest BCUT2D eigenvalue weighted by atomic mass is 10.1. The van der Waals surface area contributed by atoms with Crippen molar-refractivity contribution in [2.75, 3.05) is 4.72 Å². The van der Waals surface area contributed by atoms with Crippen molar-refractivity contribution >= 4 is 15.7 Å². The van der Waals surface area contributed by atoms with Crippen LogP contribution in [0.25, 0.3) is 5.69 Å². The number of hydrogen-bond donors (Lipinski definition) is 1. The number of aromatic nitrogens is 2. The van der Waals surface area contributed by atoms with Gasteiger partial charge in [-0.1, -0.05) is 25.5 Å². The van der Waals surface area contributed by atoms with Gasteiger partial charge in [0.15, 0.2) is 0 Å². The standard InChI is InChI=1S/C19H21N3O2S/c1-2-3-4-16-5-11-19(12-6-16)25(23,24)21-17-7-9-18(10-8-17)22-14-13-20-15-22/h5-15,21H,2-4H2,1H3. The molecule has 2 aromatic carbocycles. The van der Waals surface area contributed by atoms with Crippen LogP contribution in [0.15, 0.2) is 72.1 Å². The molecule has 6 heteroatoms. The first-order valence-electron chi connectivity index (χ1n) is 8.28. The quantitative estimate of drug-likeness (QED) is 0.696. The summed E-state index contributed by atoms with van der Waals surface area (Å²) in [4.78, 5) is 4.27. The molecule has 3 aromatic rings. The lowest BCUT2D eigenvalue weighted by molar-refractivity contribution is 0.601. The third-order valence-electron chi connectivity index (χ3n) is 3.97. The second kappa shape index (κ2) is 7.53. The Balaban J connectivity index is 1.72. The molecule has 1 N–H and O–H groups in total. The fourth-order valence-electron chi connectivity index (χ4n) is 2.54. The highest BCUT2D eigenvalue weighted by Gasteiger charge is 2.14. The highest BCUT2D eigenvalue weighted by atomic mass is 32.2. The second-order valence-corrected chi connectivity index (χ2v) is 7.55. The lowest BCUT2D eigenvalue weighted by Crippen LogP contribution is -2.13. The summed E-state index contributed by atoms with van der Waals surface area (Å²) in [6, 6.07) is 14.2. The van der Waals surface area contributed by atoms with Gasteiger partial charge < -0.3 is 4.57 Å². The van der Waals surface area contributed by atoms with Gasteiger partial charge in [0.25, 0.3) is 10.0 Å². The van der Waals surface area contributed by atoms with Crippen LogP contribution >= 0.6 is 0 Å². The second-order valence-electron chi connectivity index (χ2n) is 5.87. The van der Waals surface area contributed by atoms with Crippen LogP contribution in [0.2, 0.25) is 0 Å². The van der Waals surface area contributed by atoms with Crippen LogP contribution in [0.5, 0.6) is 0 Å². The smallest absolute Gasteiger partial charge is 0.261 e. The number of sulfonamides is 1. The van der Waals surface area contributed by atoms with Gasteiger partial charge in [0.1, 0.15) is 0 Å². The summed E-state index contributed by atoms with van der Waals surface area (Å²) in [5.74, 6) is 0. The zero-order valence-corrected chi connectivity index (χ0v) is 14.9. The van der Waals surface area contributed by atoms with Crippen LogP contribution < -0.4 is 4.72 Å². The minimum atomic E-state index is -3.59. The minimum absolute atomic E-state index is 0.270. The van der Waals surface area contributed by atoms with Crippen LogP contribution in [0.3, 0.4) is 0 Å². The molecule has 0 atom stereocenters. The van der Waals surface area contributed by atoms with Crippen molar-refractivity contribution in [1.82, 2.24) is 9.55 Å². The summed E-state index contributed by atoms with van der Waals surface area (Å²) in [6.07, 6.45) is 8.42. The molecule has 1 aromatic heterocycles. The molecule has 0 aliphatic rings. The van der Waals surface area contributed by atoms with Gasteiger partial charge in [0.2, 0.25) is 0 Å². The SMILES string of the molecule is CCCCc1ccc(S(=O)(=O)Nc2ccc(-n3ccnc3)cc2)cc1. The van der Waals surface area contributed by atoms with E-state index in [9.17, 15) is 8.42 Å². The topological polar surface area (TPSA) is 64.0 Å². The molecule has 0 unspecified atom stereocenters. The van der Waals surface area contributed by atoms with Crippen LogP contribution in [0.4, 0.5) is 5.69 Å². The lowest BCUT2D eigenvalue weighted by Gasteiger charge is -2.10. The number of anilines is 1. The van der Waals surface area contributed by atoms with Crippen LogP contribution in [-0.2, 0) is 16.4 Å². The van der Waals surface area contributed by atoms with Gasteiger partial charge in [-0.3, -0.25) is 4.72 Å². The Hall–Kier alpha value is -2.60. The fourth-order valence-corrected chi connectivity index (χ4v) is 3.60. The van der Waals surface area contributed by atoms with Crippen molar-refractivity contribution in [1.29, 1.82) is 0 Å². The summed E-state index contributed by atoms with van der Waals surface area (Å²) in [6.45, 7) is 2.14. The molecule has 25 heavy (non-hydrogen) atoms. The molecular formula is C19H21N3O2S.